The van der Waals surface area contributed by atoms with E-state index in [1.54, 1.807) is 6.92 Å². The summed E-state index contributed by atoms with van der Waals surface area (Å²) in [4.78, 5) is 37.4. The Kier molecular flexibility index (Phi) is 7.74. The summed E-state index contributed by atoms with van der Waals surface area (Å²) in [6, 6.07) is 16.3. The first kappa shape index (κ1) is 24.3. The van der Waals surface area contributed by atoms with Gasteiger partial charge in [0.05, 0.1) is 0 Å². The molecule has 2 aromatic rings. The molecule has 0 saturated heterocycles. The van der Waals surface area contributed by atoms with E-state index in [1.807, 2.05) is 24.3 Å². The van der Waals surface area contributed by atoms with Crippen LogP contribution in [0, 0.1) is 0 Å². The number of fused-ring (bicyclic) bond motifs is 3. The average Bonchev–Trinajstić information content (AvgIpc) is 3.11. The molecule has 0 atom stereocenters. The summed E-state index contributed by atoms with van der Waals surface area (Å²) in [5, 5.41) is 12.1. The highest BCUT2D eigenvalue weighted by atomic mass is 16.5. The summed E-state index contributed by atoms with van der Waals surface area (Å²) in [5.74, 6) is -1.22. The molecule has 2 N–H and O–H groups in total. The van der Waals surface area contributed by atoms with Gasteiger partial charge < -0.3 is 20.1 Å². The Hall–Kier alpha value is -3.35. The number of rotatable bonds is 10. The Morgan fingerprint density at radius 1 is 1.00 bits per heavy atom. The van der Waals surface area contributed by atoms with Gasteiger partial charge >= 0.3 is 12.1 Å². The number of carbonyl (C=O) groups excluding carboxylic acids is 2. The fourth-order valence-electron chi connectivity index (χ4n) is 4.37. The predicted octanol–water partition coefficient (Wildman–Crippen LogP) is 4.41. The van der Waals surface area contributed by atoms with Crippen LogP contribution in [0.25, 0.3) is 11.1 Å². The van der Waals surface area contributed by atoms with Crippen molar-refractivity contribution in [1.29, 1.82) is 0 Å². The molecule has 0 fully saturated rings. The van der Waals surface area contributed by atoms with E-state index in [0.29, 0.717) is 25.9 Å². The van der Waals surface area contributed by atoms with E-state index >= 15 is 0 Å². The normalized spacial score (nSPS) is 12.6. The molecule has 0 spiro atoms. The molecule has 7 nitrogen and oxygen atoms in total. The number of carboxylic acid groups (broad SMARTS) is 1. The van der Waals surface area contributed by atoms with E-state index in [4.69, 9.17) is 4.74 Å². The maximum Gasteiger partial charge on any atom is 0.407 e. The number of hydrogen-bond donors (Lipinski definition) is 2. The maximum atomic E-state index is 12.4. The van der Waals surface area contributed by atoms with Crippen LogP contribution >= 0.6 is 0 Å². The molecule has 0 unspecified atom stereocenters. The number of unbranched alkanes of at least 4 members (excludes halogenated alkanes) is 1. The monoisotopic (exact) mass is 452 g/mol. The zero-order valence-corrected chi connectivity index (χ0v) is 19.5. The van der Waals surface area contributed by atoms with Gasteiger partial charge in [-0.15, -0.1) is 0 Å². The van der Waals surface area contributed by atoms with E-state index in [0.717, 1.165) is 11.1 Å². The van der Waals surface area contributed by atoms with Gasteiger partial charge in [0.2, 0.25) is 5.91 Å². The fourth-order valence-corrected chi connectivity index (χ4v) is 4.37. The molecular weight excluding hydrogens is 420 g/mol. The molecule has 0 radical (unpaired) electrons. The molecule has 2 aromatic carbocycles. The Morgan fingerprint density at radius 2 is 1.58 bits per heavy atom. The second kappa shape index (κ2) is 10.5. The zero-order valence-electron chi connectivity index (χ0n) is 19.5. The van der Waals surface area contributed by atoms with Crippen molar-refractivity contribution in [3.8, 4) is 11.1 Å². The average molecular weight is 453 g/mol. The Bertz CT molecular complexity index is 972. The van der Waals surface area contributed by atoms with Crippen molar-refractivity contribution >= 4 is 18.0 Å². The quantitative estimate of drug-likeness (QED) is 0.521. The third-order valence-electron chi connectivity index (χ3n) is 6.25. The van der Waals surface area contributed by atoms with Crippen LogP contribution in [0.2, 0.25) is 0 Å². The SMILES string of the molecule is CCN(C(=O)CCCCNC(=O)OCC1c2ccccc2-c2ccccc21)C(C)(C)C(=O)O. The van der Waals surface area contributed by atoms with Crippen LogP contribution in [0.1, 0.15) is 57.1 Å². The van der Waals surface area contributed by atoms with Crippen molar-refractivity contribution in [2.24, 2.45) is 0 Å². The molecule has 0 heterocycles. The van der Waals surface area contributed by atoms with Crippen LogP contribution in [-0.4, -0.2) is 53.2 Å². The van der Waals surface area contributed by atoms with Crippen molar-refractivity contribution < 1.29 is 24.2 Å². The molecule has 3 rings (SSSR count). The van der Waals surface area contributed by atoms with E-state index in [1.165, 1.54) is 29.9 Å². The van der Waals surface area contributed by atoms with Gasteiger partial charge in [0.1, 0.15) is 12.1 Å². The molecule has 0 aliphatic heterocycles. The smallest absolute Gasteiger partial charge is 0.407 e. The van der Waals surface area contributed by atoms with Gasteiger partial charge in [-0.25, -0.2) is 9.59 Å². The number of ether oxygens (including phenoxy) is 1. The summed E-state index contributed by atoms with van der Waals surface area (Å²) < 4.78 is 5.50. The number of aliphatic carboxylic acids is 1. The van der Waals surface area contributed by atoms with Crippen LogP contribution < -0.4 is 5.32 Å². The van der Waals surface area contributed by atoms with Gasteiger partial charge in [0.15, 0.2) is 0 Å². The van der Waals surface area contributed by atoms with Crippen molar-refractivity contribution in [2.75, 3.05) is 19.7 Å². The topological polar surface area (TPSA) is 95.9 Å². The molecule has 176 valence electrons. The highest BCUT2D eigenvalue weighted by Gasteiger charge is 2.36. The molecule has 33 heavy (non-hydrogen) atoms. The summed E-state index contributed by atoms with van der Waals surface area (Å²) >= 11 is 0. The molecular formula is C26H32N2O5. The number of nitrogens with one attached hydrogen (secondary N) is 1. The minimum absolute atomic E-state index is 0.0124. The lowest BCUT2D eigenvalue weighted by molar-refractivity contribution is -0.156. The molecule has 0 saturated carbocycles. The summed E-state index contributed by atoms with van der Waals surface area (Å²) in [5.41, 5.74) is 3.44. The van der Waals surface area contributed by atoms with Crippen LogP contribution in [0.5, 0.6) is 0 Å². The fraction of sp³-hybridized carbons (Fsp3) is 0.423. The predicted molar refractivity (Wildman–Crippen MR) is 126 cm³/mol. The van der Waals surface area contributed by atoms with Crippen molar-refractivity contribution in [3.63, 3.8) is 0 Å². The molecule has 1 aliphatic rings. The van der Waals surface area contributed by atoms with Crippen molar-refractivity contribution in [1.82, 2.24) is 10.2 Å². The lowest BCUT2D eigenvalue weighted by Crippen LogP contribution is -2.52. The minimum Gasteiger partial charge on any atom is -0.480 e. The highest BCUT2D eigenvalue weighted by molar-refractivity contribution is 5.86. The third-order valence-corrected chi connectivity index (χ3v) is 6.25. The molecule has 2 amide bonds. The molecule has 7 heteroatoms. The summed E-state index contributed by atoms with van der Waals surface area (Å²) in [6.45, 7) is 5.79. The number of likely N-dealkylation sites (N-methyl/N-ethyl adjacent to an activating group) is 1. The van der Waals surface area contributed by atoms with Gasteiger partial charge in [-0.3, -0.25) is 4.79 Å². The maximum absolute atomic E-state index is 12.4. The standard InChI is InChI=1S/C26H32N2O5/c1-4-28(26(2,3)24(30)31)23(29)15-9-10-16-27-25(32)33-17-22-20-13-7-5-11-18(20)19-12-6-8-14-21(19)22/h5-8,11-14,22H,4,9-10,15-17H2,1-3H3,(H,27,32)(H,30,31). The number of benzene rings is 2. The lowest BCUT2D eigenvalue weighted by atomic mass is 9.98. The highest BCUT2D eigenvalue weighted by Crippen LogP contribution is 2.44. The lowest BCUT2D eigenvalue weighted by Gasteiger charge is -2.34. The van der Waals surface area contributed by atoms with E-state index in [-0.39, 0.29) is 24.9 Å². The Balaban J connectivity index is 1.42. The summed E-state index contributed by atoms with van der Waals surface area (Å²) in [6.07, 6.45) is 0.900. The Morgan fingerprint density at radius 3 is 2.12 bits per heavy atom. The number of nitrogens with zero attached hydrogens (tertiary/aromatic N) is 1. The minimum atomic E-state index is -1.24. The van der Waals surface area contributed by atoms with Gasteiger partial charge in [0, 0.05) is 25.4 Å². The first-order valence-corrected chi connectivity index (χ1v) is 11.4. The van der Waals surface area contributed by atoms with E-state index in [2.05, 4.69) is 29.6 Å². The first-order chi connectivity index (χ1) is 15.8. The number of hydrogen-bond acceptors (Lipinski definition) is 4. The van der Waals surface area contributed by atoms with E-state index < -0.39 is 17.6 Å². The molecule has 1 aliphatic carbocycles. The number of amides is 2. The van der Waals surface area contributed by atoms with Crippen molar-refractivity contribution in [3.05, 3.63) is 59.7 Å². The van der Waals surface area contributed by atoms with Gasteiger partial charge in [-0.05, 0) is 55.9 Å². The summed E-state index contributed by atoms with van der Waals surface area (Å²) in [7, 11) is 0. The van der Waals surface area contributed by atoms with Crippen LogP contribution in [-0.2, 0) is 14.3 Å². The van der Waals surface area contributed by atoms with Crippen LogP contribution in [0.4, 0.5) is 4.79 Å². The van der Waals surface area contributed by atoms with Crippen molar-refractivity contribution in [2.45, 2.75) is 51.5 Å². The second-order valence-corrected chi connectivity index (χ2v) is 8.71. The molecule has 0 aromatic heterocycles. The first-order valence-electron chi connectivity index (χ1n) is 11.4. The third kappa shape index (κ3) is 5.35. The molecule has 0 bridgehead atoms. The second-order valence-electron chi connectivity index (χ2n) is 8.71. The van der Waals surface area contributed by atoms with Gasteiger partial charge in [0.25, 0.3) is 0 Å². The number of alkyl carbamates (subject to hydrolysis) is 1. The van der Waals surface area contributed by atoms with Gasteiger partial charge in [-0.1, -0.05) is 48.5 Å². The van der Waals surface area contributed by atoms with Crippen LogP contribution in [0.3, 0.4) is 0 Å². The van der Waals surface area contributed by atoms with Crippen LogP contribution in [0.15, 0.2) is 48.5 Å². The number of carbonyl (C=O) groups is 3. The van der Waals surface area contributed by atoms with E-state index in [9.17, 15) is 19.5 Å². The largest absolute Gasteiger partial charge is 0.480 e. The zero-order chi connectivity index (χ0) is 24.0. The Labute approximate surface area is 194 Å². The van der Waals surface area contributed by atoms with Gasteiger partial charge in [-0.2, -0.15) is 0 Å². The number of carboxylic acids is 1.